The molecule has 1 saturated carbocycles. The molecule has 150 valence electrons. The van der Waals surface area contributed by atoms with Crippen LogP contribution in [0.5, 0.6) is 0 Å². The second-order valence-corrected chi connectivity index (χ2v) is 9.38. The molecular formula is C23H25FN4S. The van der Waals surface area contributed by atoms with Crippen molar-refractivity contribution in [2.24, 2.45) is 0 Å². The fraction of sp³-hybridized carbons (Fsp3) is 0.391. The van der Waals surface area contributed by atoms with Crippen molar-refractivity contribution in [1.29, 1.82) is 0 Å². The molecule has 4 nitrogen and oxygen atoms in total. The number of nitrogens with one attached hydrogen (secondary N) is 1. The third-order valence-electron chi connectivity index (χ3n) is 5.67. The van der Waals surface area contributed by atoms with Crippen LogP contribution in [-0.2, 0) is 6.67 Å². The molecule has 0 amide bonds. The van der Waals surface area contributed by atoms with Crippen LogP contribution in [-0.4, -0.2) is 38.7 Å². The molecule has 2 aliphatic rings. The van der Waals surface area contributed by atoms with Crippen LogP contribution < -0.4 is 5.32 Å². The lowest BCUT2D eigenvalue weighted by Crippen LogP contribution is -2.35. The molecule has 2 aromatic heterocycles. The van der Waals surface area contributed by atoms with Gasteiger partial charge in [0.25, 0.3) is 0 Å². The van der Waals surface area contributed by atoms with E-state index in [0.717, 1.165) is 58.8 Å². The second-order valence-electron chi connectivity index (χ2n) is 7.99. The zero-order valence-corrected chi connectivity index (χ0v) is 17.2. The van der Waals surface area contributed by atoms with Gasteiger partial charge in [0.2, 0.25) is 0 Å². The summed E-state index contributed by atoms with van der Waals surface area (Å²) in [6.07, 6.45) is 12.2. The standard InChI is InChI=1S/C23H25FN4S/c24-12-16-9-19(14-26-13-16)18-10-17-3-6-25-15-22(17)23(11-18)27-20-4-7-28(8-5-20)29-21-1-2-21/h3,6,9-11,13-15,20-21,27H,1-2,4-5,7-8,12H2. The van der Waals surface area contributed by atoms with E-state index in [2.05, 4.69) is 43.7 Å². The van der Waals surface area contributed by atoms with Gasteiger partial charge in [-0.25, -0.2) is 4.39 Å². The van der Waals surface area contributed by atoms with E-state index in [0.29, 0.717) is 11.6 Å². The number of rotatable bonds is 6. The van der Waals surface area contributed by atoms with E-state index in [1.54, 1.807) is 12.4 Å². The van der Waals surface area contributed by atoms with E-state index in [4.69, 9.17) is 0 Å². The van der Waals surface area contributed by atoms with Crippen molar-refractivity contribution in [1.82, 2.24) is 14.3 Å². The smallest absolute Gasteiger partial charge is 0.116 e. The molecule has 6 heteroatoms. The van der Waals surface area contributed by atoms with Crippen molar-refractivity contribution in [3.8, 4) is 11.1 Å². The van der Waals surface area contributed by atoms with Crippen molar-refractivity contribution >= 4 is 28.4 Å². The van der Waals surface area contributed by atoms with Crippen LogP contribution in [0.15, 0.2) is 49.1 Å². The third-order valence-corrected chi connectivity index (χ3v) is 7.11. The minimum atomic E-state index is -0.499. The lowest BCUT2D eigenvalue weighted by Gasteiger charge is -2.32. The monoisotopic (exact) mass is 408 g/mol. The van der Waals surface area contributed by atoms with E-state index in [-0.39, 0.29) is 0 Å². The Morgan fingerprint density at radius 1 is 1.00 bits per heavy atom. The van der Waals surface area contributed by atoms with Crippen LogP contribution in [0, 0.1) is 0 Å². The lowest BCUT2D eigenvalue weighted by molar-refractivity contribution is 0.358. The molecule has 0 spiro atoms. The average Bonchev–Trinajstić information content (AvgIpc) is 3.59. The summed E-state index contributed by atoms with van der Waals surface area (Å²) in [5.74, 6) is 0. The molecule has 0 atom stereocenters. The molecule has 1 aromatic carbocycles. The number of hydrogen-bond acceptors (Lipinski definition) is 5. The molecule has 3 heterocycles. The van der Waals surface area contributed by atoms with Gasteiger partial charge in [-0.15, -0.1) is 0 Å². The summed E-state index contributed by atoms with van der Waals surface area (Å²) in [6.45, 7) is 1.77. The van der Waals surface area contributed by atoms with E-state index < -0.39 is 6.67 Å². The minimum Gasteiger partial charge on any atom is -0.382 e. The summed E-state index contributed by atoms with van der Waals surface area (Å²) >= 11 is 2.06. The Hall–Kier alpha value is -2.18. The molecule has 3 aromatic rings. The summed E-state index contributed by atoms with van der Waals surface area (Å²) in [6, 6.07) is 8.67. The van der Waals surface area contributed by atoms with Crippen LogP contribution in [0.3, 0.4) is 0 Å². The minimum absolute atomic E-state index is 0.458. The largest absolute Gasteiger partial charge is 0.382 e. The Labute approximate surface area is 175 Å². The Balaban J connectivity index is 1.40. The van der Waals surface area contributed by atoms with Gasteiger partial charge in [0.15, 0.2) is 0 Å². The van der Waals surface area contributed by atoms with Gasteiger partial charge in [0, 0.05) is 71.4 Å². The van der Waals surface area contributed by atoms with Crippen LogP contribution >= 0.6 is 11.9 Å². The van der Waals surface area contributed by atoms with Crippen molar-refractivity contribution in [3.05, 3.63) is 54.6 Å². The molecular weight excluding hydrogens is 383 g/mol. The normalized spacial score (nSPS) is 18.2. The summed E-state index contributed by atoms with van der Waals surface area (Å²) in [5.41, 5.74) is 3.70. The van der Waals surface area contributed by atoms with E-state index >= 15 is 0 Å². The van der Waals surface area contributed by atoms with E-state index in [1.807, 2.05) is 24.5 Å². The van der Waals surface area contributed by atoms with Gasteiger partial charge in [-0.3, -0.25) is 14.3 Å². The molecule has 0 bridgehead atoms. The molecule has 0 radical (unpaired) electrons. The second kappa shape index (κ2) is 8.28. The number of pyridine rings is 2. The van der Waals surface area contributed by atoms with Gasteiger partial charge in [-0.1, -0.05) is 11.9 Å². The van der Waals surface area contributed by atoms with Gasteiger partial charge in [-0.05, 0) is 60.9 Å². The number of alkyl halides is 1. The maximum Gasteiger partial charge on any atom is 0.116 e. The maximum absolute atomic E-state index is 13.1. The van der Waals surface area contributed by atoms with Crippen LogP contribution in [0.25, 0.3) is 21.9 Å². The van der Waals surface area contributed by atoms with E-state index in [1.165, 1.54) is 12.8 Å². The molecule has 1 saturated heterocycles. The highest BCUT2D eigenvalue weighted by Crippen LogP contribution is 2.38. The van der Waals surface area contributed by atoms with Gasteiger partial charge in [0.05, 0.1) is 0 Å². The molecule has 1 aliphatic heterocycles. The topological polar surface area (TPSA) is 41.1 Å². The first kappa shape index (κ1) is 18.8. The van der Waals surface area contributed by atoms with Crippen LogP contribution in [0.2, 0.25) is 0 Å². The summed E-state index contributed by atoms with van der Waals surface area (Å²) in [7, 11) is 0. The fourth-order valence-corrected chi connectivity index (χ4v) is 5.10. The summed E-state index contributed by atoms with van der Waals surface area (Å²) in [5, 5.41) is 6.91. The van der Waals surface area contributed by atoms with Crippen molar-refractivity contribution in [2.75, 3.05) is 18.4 Å². The Bertz CT molecular complexity index is 999. The first-order valence-electron chi connectivity index (χ1n) is 10.3. The third kappa shape index (κ3) is 4.38. The highest BCUT2D eigenvalue weighted by Gasteiger charge is 2.28. The highest BCUT2D eigenvalue weighted by molar-refractivity contribution is 7.97. The zero-order chi connectivity index (χ0) is 19.6. The van der Waals surface area contributed by atoms with Gasteiger partial charge >= 0.3 is 0 Å². The van der Waals surface area contributed by atoms with Crippen LogP contribution in [0.4, 0.5) is 10.1 Å². The number of aromatic nitrogens is 2. The molecule has 5 rings (SSSR count). The van der Waals surface area contributed by atoms with Gasteiger partial charge < -0.3 is 5.32 Å². The van der Waals surface area contributed by atoms with Crippen molar-refractivity contribution in [2.45, 2.75) is 43.6 Å². The van der Waals surface area contributed by atoms with Crippen molar-refractivity contribution < 1.29 is 4.39 Å². The number of piperidine rings is 1. The fourth-order valence-electron chi connectivity index (χ4n) is 3.91. The number of fused-ring (bicyclic) bond motifs is 1. The van der Waals surface area contributed by atoms with Crippen molar-refractivity contribution in [3.63, 3.8) is 0 Å². The quantitative estimate of drug-likeness (QED) is 0.549. The summed E-state index contributed by atoms with van der Waals surface area (Å²) in [4.78, 5) is 8.55. The maximum atomic E-state index is 13.1. The van der Waals surface area contributed by atoms with Gasteiger partial charge in [-0.2, -0.15) is 0 Å². The number of nitrogens with zero attached hydrogens (tertiary/aromatic N) is 3. The first-order valence-corrected chi connectivity index (χ1v) is 11.2. The SMILES string of the molecule is FCc1cncc(-c2cc(NC3CCN(SC4CC4)CC3)c3cnccc3c2)c1. The average molecular weight is 409 g/mol. The first-order chi connectivity index (χ1) is 14.3. The number of halogens is 1. The van der Waals surface area contributed by atoms with Crippen LogP contribution in [0.1, 0.15) is 31.2 Å². The summed E-state index contributed by atoms with van der Waals surface area (Å²) < 4.78 is 15.7. The van der Waals surface area contributed by atoms with Gasteiger partial charge in [0.1, 0.15) is 6.67 Å². The molecule has 1 aliphatic carbocycles. The predicted molar refractivity (Wildman–Crippen MR) is 119 cm³/mol. The molecule has 29 heavy (non-hydrogen) atoms. The Kier molecular flexibility index (Phi) is 5.38. The Morgan fingerprint density at radius 2 is 1.86 bits per heavy atom. The Morgan fingerprint density at radius 3 is 2.66 bits per heavy atom. The number of anilines is 1. The zero-order valence-electron chi connectivity index (χ0n) is 16.4. The predicted octanol–water partition coefficient (Wildman–Crippen LogP) is 5.45. The number of hydrogen-bond donors (Lipinski definition) is 1. The number of benzene rings is 1. The molecule has 1 N–H and O–H groups in total. The molecule has 0 unspecified atom stereocenters. The molecule has 2 fully saturated rings. The lowest BCUT2D eigenvalue weighted by atomic mass is 9.99. The highest BCUT2D eigenvalue weighted by atomic mass is 32.2. The van der Waals surface area contributed by atoms with E-state index in [9.17, 15) is 4.39 Å².